The first-order chi connectivity index (χ1) is 6.81. The molecule has 5 nitrogen and oxygen atoms in total. The second kappa shape index (κ2) is 3.26. The third-order valence-corrected chi connectivity index (χ3v) is 1.81. The van der Waals surface area contributed by atoms with Crippen molar-refractivity contribution in [2.45, 2.75) is 0 Å². The van der Waals surface area contributed by atoms with Crippen molar-refractivity contribution < 1.29 is 0 Å². The zero-order chi connectivity index (χ0) is 9.97. The van der Waals surface area contributed by atoms with E-state index in [1.807, 2.05) is 19.3 Å². The number of nitriles is 1. The quantitative estimate of drug-likeness (QED) is 0.657. The number of nitrogens with zero attached hydrogens (tertiary/aromatic N) is 5. The maximum Gasteiger partial charge on any atom is 0.116 e. The molecule has 2 aromatic heterocycles. The van der Waals surface area contributed by atoms with Crippen LogP contribution in [-0.4, -0.2) is 19.7 Å². The van der Waals surface area contributed by atoms with Gasteiger partial charge in [-0.2, -0.15) is 10.4 Å². The van der Waals surface area contributed by atoms with Crippen LogP contribution in [0.3, 0.4) is 0 Å². The second-order valence-electron chi connectivity index (χ2n) is 2.80. The molecule has 0 saturated heterocycles. The lowest BCUT2D eigenvalue weighted by molar-refractivity contribution is 0.768. The van der Waals surface area contributed by atoms with E-state index in [1.54, 1.807) is 10.9 Å². The summed E-state index contributed by atoms with van der Waals surface area (Å²) in [5.41, 5.74) is 1.91. The van der Waals surface area contributed by atoms with Crippen molar-refractivity contribution in [2.24, 2.45) is 7.05 Å². The normalized spacial score (nSPS) is 9.71. The van der Waals surface area contributed by atoms with E-state index in [1.165, 1.54) is 12.5 Å². The minimum atomic E-state index is 0.459. The van der Waals surface area contributed by atoms with Gasteiger partial charge >= 0.3 is 0 Å². The van der Waals surface area contributed by atoms with Gasteiger partial charge in [-0.15, -0.1) is 0 Å². The number of aryl methyl sites for hydroxylation is 1. The zero-order valence-corrected chi connectivity index (χ0v) is 7.55. The fraction of sp³-hybridized carbons (Fsp3) is 0.111. The average Bonchev–Trinajstić information content (AvgIpc) is 2.65. The van der Waals surface area contributed by atoms with Crippen LogP contribution in [0.15, 0.2) is 24.9 Å². The van der Waals surface area contributed by atoms with Gasteiger partial charge < -0.3 is 0 Å². The smallest absolute Gasteiger partial charge is 0.116 e. The first kappa shape index (κ1) is 8.38. The molecule has 0 atom stereocenters. The number of aromatic nitrogens is 4. The molecular weight excluding hydrogens is 178 g/mol. The molecule has 68 valence electrons. The summed E-state index contributed by atoms with van der Waals surface area (Å²) in [5.74, 6) is 0. The number of rotatable bonds is 1. The van der Waals surface area contributed by atoms with Gasteiger partial charge in [-0.3, -0.25) is 4.68 Å². The van der Waals surface area contributed by atoms with Gasteiger partial charge in [0.05, 0.1) is 17.5 Å². The lowest BCUT2D eigenvalue weighted by Crippen LogP contribution is -1.89. The molecule has 0 aliphatic heterocycles. The van der Waals surface area contributed by atoms with Crippen molar-refractivity contribution in [3.8, 4) is 17.3 Å². The highest BCUT2D eigenvalue weighted by atomic mass is 15.2. The van der Waals surface area contributed by atoms with E-state index in [4.69, 9.17) is 5.26 Å². The Labute approximate surface area is 80.7 Å². The zero-order valence-electron chi connectivity index (χ0n) is 7.55. The Kier molecular flexibility index (Phi) is 1.95. The Morgan fingerprint density at radius 1 is 1.43 bits per heavy atom. The first-order valence-corrected chi connectivity index (χ1v) is 4.00. The monoisotopic (exact) mass is 185 g/mol. The summed E-state index contributed by atoms with van der Waals surface area (Å²) in [5, 5.41) is 12.8. The van der Waals surface area contributed by atoms with Crippen LogP contribution >= 0.6 is 0 Å². The maximum atomic E-state index is 8.83. The molecule has 0 saturated carbocycles. The molecule has 0 spiro atoms. The van der Waals surface area contributed by atoms with Crippen LogP contribution < -0.4 is 0 Å². The number of hydrogen-bond donors (Lipinski definition) is 0. The summed E-state index contributed by atoms with van der Waals surface area (Å²) >= 11 is 0. The molecule has 0 radical (unpaired) electrons. The molecule has 5 heteroatoms. The van der Waals surface area contributed by atoms with Gasteiger partial charge in [0.2, 0.25) is 0 Å². The largest absolute Gasteiger partial charge is 0.275 e. The molecule has 0 N–H and O–H groups in total. The van der Waals surface area contributed by atoms with Crippen molar-refractivity contribution >= 4 is 0 Å². The molecule has 2 rings (SSSR count). The Morgan fingerprint density at radius 3 is 2.93 bits per heavy atom. The van der Waals surface area contributed by atoms with E-state index >= 15 is 0 Å². The summed E-state index contributed by atoms with van der Waals surface area (Å²) in [6.07, 6.45) is 6.39. The lowest BCUT2D eigenvalue weighted by Gasteiger charge is -1.96. The molecule has 0 unspecified atom stereocenters. The van der Waals surface area contributed by atoms with Gasteiger partial charge in [0.1, 0.15) is 12.4 Å². The summed E-state index contributed by atoms with van der Waals surface area (Å²) in [7, 11) is 1.82. The van der Waals surface area contributed by atoms with Gasteiger partial charge in [0.15, 0.2) is 0 Å². The first-order valence-electron chi connectivity index (χ1n) is 4.00. The van der Waals surface area contributed by atoms with Gasteiger partial charge in [-0.05, 0) is 0 Å². The molecule has 2 heterocycles. The lowest BCUT2D eigenvalue weighted by atomic mass is 10.1. The Hall–Kier alpha value is -2.22. The highest BCUT2D eigenvalue weighted by molar-refractivity contribution is 5.63. The molecule has 0 amide bonds. The van der Waals surface area contributed by atoms with E-state index in [0.29, 0.717) is 11.3 Å². The highest BCUT2D eigenvalue weighted by Gasteiger charge is 2.07. The fourth-order valence-corrected chi connectivity index (χ4v) is 1.18. The van der Waals surface area contributed by atoms with Crippen LogP contribution in [-0.2, 0) is 7.05 Å². The molecule has 0 aliphatic rings. The molecule has 0 bridgehead atoms. The van der Waals surface area contributed by atoms with Crippen molar-refractivity contribution in [3.63, 3.8) is 0 Å². The van der Waals surface area contributed by atoms with Gasteiger partial charge in [0.25, 0.3) is 0 Å². The van der Waals surface area contributed by atoms with Gasteiger partial charge in [-0.25, -0.2) is 9.97 Å². The summed E-state index contributed by atoms with van der Waals surface area (Å²) in [4.78, 5) is 7.83. The summed E-state index contributed by atoms with van der Waals surface area (Å²) in [6.45, 7) is 0. The van der Waals surface area contributed by atoms with Crippen LogP contribution in [0.5, 0.6) is 0 Å². The predicted molar refractivity (Wildman–Crippen MR) is 48.9 cm³/mol. The third-order valence-electron chi connectivity index (χ3n) is 1.81. The average molecular weight is 185 g/mol. The van der Waals surface area contributed by atoms with E-state index in [2.05, 4.69) is 15.1 Å². The Morgan fingerprint density at radius 2 is 2.29 bits per heavy atom. The minimum absolute atomic E-state index is 0.459. The summed E-state index contributed by atoms with van der Waals surface area (Å²) in [6, 6.07) is 2.04. The van der Waals surface area contributed by atoms with Crippen LogP contribution in [0.1, 0.15) is 5.56 Å². The number of hydrogen-bond acceptors (Lipinski definition) is 4. The van der Waals surface area contributed by atoms with Crippen LogP contribution in [0.25, 0.3) is 11.3 Å². The predicted octanol–water partition coefficient (Wildman–Crippen LogP) is 0.749. The fourth-order valence-electron chi connectivity index (χ4n) is 1.18. The van der Waals surface area contributed by atoms with Crippen LogP contribution in [0.2, 0.25) is 0 Å². The van der Waals surface area contributed by atoms with E-state index in [-0.39, 0.29) is 0 Å². The summed E-state index contributed by atoms with van der Waals surface area (Å²) < 4.78 is 1.67. The van der Waals surface area contributed by atoms with E-state index in [9.17, 15) is 0 Å². The Balaban J connectivity index is 2.57. The van der Waals surface area contributed by atoms with Gasteiger partial charge in [-0.1, -0.05) is 0 Å². The van der Waals surface area contributed by atoms with Crippen molar-refractivity contribution in [3.05, 3.63) is 30.5 Å². The van der Waals surface area contributed by atoms with E-state index in [0.717, 1.165) is 5.56 Å². The van der Waals surface area contributed by atoms with E-state index < -0.39 is 0 Å². The minimum Gasteiger partial charge on any atom is -0.275 e. The van der Waals surface area contributed by atoms with Crippen LogP contribution in [0.4, 0.5) is 0 Å². The van der Waals surface area contributed by atoms with Crippen molar-refractivity contribution in [2.75, 3.05) is 0 Å². The second-order valence-corrected chi connectivity index (χ2v) is 2.80. The molecule has 0 aromatic carbocycles. The Bertz CT molecular complexity index is 494. The molecule has 0 fully saturated rings. The SMILES string of the molecule is Cn1cc(-c2ncncc2C#N)cn1. The molecule has 14 heavy (non-hydrogen) atoms. The maximum absolute atomic E-state index is 8.83. The molecular formula is C9H7N5. The highest BCUT2D eigenvalue weighted by Crippen LogP contribution is 2.18. The molecule has 2 aromatic rings. The standard InChI is InChI=1S/C9H7N5/c1-14-5-8(4-13-14)9-7(2-10)3-11-6-12-9/h3-6H,1H3. The van der Waals surface area contributed by atoms with Crippen molar-refractivity contribution in [1.82, 2.24) is 19.7 Å². The van der Waals surface area contributed by atoms with Gasteiger partial charge in [0, 0.05) is 25.0 Å². The van der Waals surface area contributed by atoms with Crippen molar-refractivity contribution in [1.29, 1.82) is 5.26 Å². The third kappa shape index (κ3) is 1.33. The topological polar surface area (TPSA) is 67.4 Å². The van der Waals surface area contributed by atoms with Crippen LogP contribution in [0, 0.1) is 11.3 Å². The molecule has 0 aliphatic carbocycles.